The van der Waals surface area contributed by atoms with Crippen LogP contribution in [0, 0.1) is 0 Å². The van der Waals surface area contributed by atoms with E-state index in [0.717, 1.165) is 25.2 Å². The first-order valence-corrected chi connectivity index (χ1v) is 6.83. The Morgan fingerprint density at radius 1 is 1.30 bits per heavy atom. The van der Waals surface area contributed by atoms with Crippen molar-refractivity contribution in [2.75, 3.05) is 30.9 Å². The van der Waals surface area contributed by atoms with Crippen molar-refractivity contribution in [2.24, 2.45) is 0 Å². The van der Waals surface area contributed by atoms with Gasteiger partial charge in [-0.1, -0.05) is 12.1 Å². The van der Waals surface area contributed by atoms with Crippen LogP contribution in [0.4, 0.5) is 11.4 Å². The first kappa shape index (κ1) is 12.8. The van der Waals surface area contributed by atoms with E-state index >= 15 is 0 Å². The minimum atomic E-state index is 0.635. The molecular formula is C16H19N3O. The predicted molar refractivity (Wildman–Crippen MR) is 81.5 cm³/mol. The molecule has 0 bridgehead atoms. The van der Waals surface area contributed by atoms with Crippen LogP contribution in [0.15, 0.2) is 36.5 Å². The number of nitrogens with one attached hydrogen (secondary N) is 1. The molecule has 2 aromatic rings. The van der Waals surface area contributed by atoms with Crippen LogP contribution < -0.4 is 15.0 Å². The van der Waals surface area contributed by atoms with Crippen LogP contribution >= 0.6 is 0 Å². The van der Waals surface area contributed by atoms with Crippen LogP contribution in [-0.4, -0.2) is 25.7 Å². The number of aromatic nitrogens is 1. The molecule has 4 heteroatoms. The van der Waals surface area contributed by atoms with Gasteiger partial charge in [-0.3, -0.25) is 0 Å². The molecule has 0 spiro atoms. The fourth-order valence-corrected chi connectivity index (χ4v) is 2.54. The zero-order chi connectivity index (χ0) is 13.9. The molecule has 1 aromatic carbocycles. The summed E-state index contributed by atoms with van der Waals surface area (Å²) in [6, 6.07) is 10.5. The van der Waals surface area contributed by atoms with Gasteiger partial charge in [0.2, 0.25) is 5.88 Å². The van der Waals surface area contributed by atoms with E-state index in [0.29, 0.717) is 5.88 Å². The number of methoxy groups -OCH3 is 1. The average Bonchev–Trinajstić information content (AvgIpc) is 2.87. The van der Waals surface area contributed by atoms with Crippen molar-refractivity contribution >= 4 is 11.4 Å². The third kappa shape index (κ3) is 2.54. The Bertz CT molecular complexity index is 595. The summed E-state index contributed by atoms with van der Waals surface area (Å²) in [4.78, 5) is 6.49. The van der Waals surface area contributed by atoms with Crippen molar-refractivity contribution in [3.05, 3.63) is 47.7 Å². The zero-order valence-electron chi connectivity index (χ0n) is 11.9. The Balaban J connectivity index is 1.66. The largest absolute Gasteiger partial charge is 0.481 e. The van der Waals surface area contributed by atoms with Crippen molar-refractivity contribution in [2.45, 2.75) is 13.0 Å². The van der Waals surface area contributed by atoms with E-state index in [2.05, 4.69) is 40.4 Å². The standard InChI is InChI=1S/C16H19N3O/c1-19-8-7-13-9-12(3-5-15(13)19)10-17-14-4-6-16(20-2)18-11-14/h3-6,9,11,17H,7-8,10H2,1-2H3. The molecular weight excluding hydrogens is 250 g/mol. The summed E-state index contributed by atoms with van der Waals surface area (Å²) in [7, 11) is 3.77. The van der Waals surface area contributed by atoms with E-state index in [1.54, 1.807) is 13.3 Å². The maximum Gasteiger partial charge on any atom is 0.213 e. The second-order valence-electron chi connectivity index (χ2n) is 5.08. The van der Waals surface area contributed by atoms with Gasteiger partial charge in [0.15, 0.2) is 0 Å². The van der Waals surface area contributed by atoms with Gasteiger partial charge in [-0.25, -0.2) is 4.98 Å². The van der Waals surface area contributed by atoms with Gasteiger partial charge < -0.3 is 15.0 Å². The topological polar surface area (TPSA) is 37.4 Å². The number of rotatable bonds is 4. The van der Waals surface area contributed by atoms with Crippen LogP contribution in [0.3, 0.4) is 0 Å². The summed E-state index contributed by atoms with van der Waals surface area (Å²) >= 11 is 0. The molecule has 0 unspecified atom stereocenters. The van der Waals surface area contributed by atoms with Gasteiger partial charge in [0.05, 0.1) is 19.0 Å². The highest BCUT2D eigenvalue weighted by Crippen LogP contribution is 2.27. The molecule has 0 saturated carbocycles. The molecule has 1 aromatic heterocycles. The molecule has 104 valence electrons. The minimum absolute atomic E-state index is 0.635. The summed E-state index contributed by atoms with van der Waals surface area (Å²) in [5.74, 6) is 0.635. The van der Waals surface area contributed by atoms with Crippen molar-refractivity contribution in [3.63, 3.8) is 0 Å². The van der Waals surface area contributed by atoms with Gasteiger partial charge in [0.25, 0.3) is 0 Å². The van der Waals surface area contributed by atoms with Crippen molar-refractivity contribution in [1.82, 2.24) is 4.98 Å². The van der Waals surface area contributed by atoms with Crippen LogP contribution in [0.25, 0.3) is 0 Å². The minimum Gasteiger partial charge on any atom is -0.481 e. The first-order valence-electron chi connectivity index (χ1n) is 6.83. The SMILES string of the molecule is COc1ccc(NCc2ccc3c(c2)CCN3C)cn1. The summed E-state index contributed by atoms with van der Waals surface area (Å²) < 4.78 is 5.05. The van der Waals surface area contributed by atoms with Gasteiger partial charge in [-0.15, -0.1) is 0 Å². The van der Waals surface area contributed by atoms with E-state index < -0.39 is 0 Å². The van der Waals surface area contributed by atoms with E-state index in [1.807, 2.05) is 12.1 Å². The summed E-state index contributed by atoms with van der Waals surface area (Å²) in [6.07, 6.45) is 2.93. The molecule has 1 N–H and O–H groups in total. The average molecular weight is 269 g/mol. The molecule has 4 nitrogen and oxygen atoms in total. The second kappa shape index (κ2) is 5.41. The molecule has 1 aliphatic rings. The molecule has 3 rings (SSSR count). The number of hydrogen-bond donors (Lipinski definition) is 1. The van der Waals surface area contributed by atoms with Crippen LogP contribution in [-0.2, 0) is 13.0 Å². The number of fused-ring (bicyclic) bond motifs is 1. The number of nitrogens with zero attached hydrogens (tertiary/aromatic N) is 2. The van der Waals surface area contributed by atoms with Gasteiger partial charge >= 0.3 is 0 Å². The molecule has 0 aliphatic carbocycles. The molecule has 20 heavy (non-hydrogen) atoms. The lowest BCUT2D eigenvalue weighted by Gasteiger charge is -2.12. The number of ether oxygens (including phenoxy) is 1. The molecule has 0 amide bonds. The maximum atomic E-state index is 5.05. The lowest BCUT2D eigenvalue weighted by atomic mass is 10.1. The molecule has 0 fully saturated rings. The normalized spacial score (nSPS) is 13.2. The molecule has 0 atom stereocenters. The van der Waals surface area contributed by atoms with Crippen LogP contribution in [0.5, 0.6) is 5.88 Å². The number of anilines is 2. The van der Waals surface area contributed by atoms with E-state index in [1.165, 1.54) is 16.8 Å². The Hall–Kier alpha value is -2.23. The molecule has 0 saturated heterocycles. The number of pyridine rings is 1. The monoisotopic (exact) mass is 269 g/mol. The fraction of sp³-hybridized carbons (Fsp3) is 0.312. The third-order valence-corrected chi connectivity index (χ3v) is 3.71. The lowest BCUT2D eigenvalue weighted by molar-refractivity contribution is 0.398. The summed E-state index contributed by atoms with van der Waals surface area (Å²) in [5, 5.41) is 3.38. The number of benzene rings is 1. The quantitative estimate of drug-likeness (QED) is 0.926. The highest BCUT2D eigenvalue weighted by Gasteiger charge is 2.15. The smallest absolute Gasteiger partial charge is 0.213 e. The van der Waals surface area contributed by atoms with E-state index in [4.69, 9.17) is 4.74 Å². The van der Waals surface area contributed by atoms with Crippen molar-refractivity contribution in [1.29, 1.82) is 0 Å². The van der Waals surface area contributed by atoms with Gasteiger partial charge in [0, 0.05) is 31.9 Å². The van der Waals surface area contributed by atoms with Crippen molar-refractivity contribution < 1.29 is 4.74 Å². The Morgan fingerprint density at radius 3 is 2.95 bits per heavy atom. The first-order chi connectivity index (χ1) is 9.76. The molecule has 1 aliphatic heterocycles. The van der Waals surface area contributed by atoms with Crippen LogP contribution in [0.2, 0.25) is 0 Å². The number of hydrogen-bond acceptors (Lipinski definition) is 4. The molecule has 0 radical (unpaired) electrons. The molecule has 2 heterocycles. The van der Waals surface area contributed by atoms with Gasteiger partial charge in [-0.05, 0) is 29.7 Å². The lowest BCUT2D eigenvalue weighted by Crippen LogP contribution is -2.12. The highest BCUT2D eigenvalue weighted by molar-refractivity contribution is 5.58. The third-order valence-electron chi connectivity index (χ3n) is 3.71. The second-order valence-corrected chi connectivity index (χ2v) is 5.08. The maximum absolute atomic E-state index is 5.05. The zero-order valence-corrected chi connectivity index (χ0v) is 11.9. The predicted octanol–water partition coefficient (Wildman–Crippen LogP) is 2.69. The van der Waals surface area contributed by atoms with E-state index in [9.17, 15) is 0 Å². The van der Waals surface area contributed by atoms with Crippen LogP contribution in [0.1, 0.15) is 11.1 Å². The Labute approximate surface area is 119 Å². The van der Waals surface area contributed by atoms with Gasteiger partial charge in [0.1, 0.15) is 0 Å². The van der Waals surface area contributed by atoms with Gasteiger partial charge in [-0.2, -0.15) is 0 Å². The summed E-state index contributed by atoms with van der Waals surface area (Å²) in [6.45, 7) is 1.93. The van der Waals surface area contributed by atoms with E-state index in [-0.39, 0.29) is 0 Å². The highest BCUT2D eigenvalue weighted by atomic mass is 16.5. The fourth-order valence-electron chi connectivity index (χ4n) is 2.54. The number of likely N-dealkylation sites (N-methyl/N-ethyl adjacent to an activating group) is 1. The Kier molecular flexibility index (Phi) is 3.46. The summed E-state index contributed by atoms with van der Waals surface area (Å²) in [5.41, 5.74) is 5.11. The Morgan fingerprint density at radius 2 is 2.20 bits per heavy atom. The van der Waals surface area contributed by atoms with Crippen molar-refractivity contribution in [3.8, 4) is 5.88 Å².